The highest BCUT2D eigenvalue weighted by Gasteiger charge is 2.25. The number of nitrogens with two attached hydrogens (primary N) is 1. The highest BCUT2D eigenvalue weighted by molar-refractivity contribution is 7.99. The number of aromatic nitrogens is 3. The Morgan fingerprint density at radius 3 is 2.62 bits per heavy atom. The smallest absolute Gasteiger partial charge is 0.341 e. The molecule has 2 heterocycles. The first-order chi connectivity index (χ1) is 16.2. The third-order valence-electron chi connectivity index (χ3n) is 4.73. The molecular weight excluding hydrogens is 498 g/mol. The predicted octanol–water partition coefficient (Wildman–Crippen LogP) is 3.69. The quantitative estimate of drug-likeness (QED) is 0.237. The molecule has 3 N–H and O–H groups in total. The van der Waals surface area contributed by atoms with Crippen molar-refractivity contribution in [3.8, 4) is 0 Å². The van der Waals surface area contributed by atoms with Crippen molar-refractivity contribution in [2.24, 2.45) is 5.73 Å². The average molecular weight is 520 g/mol. The van der Waals surface area contributed by atoms with E-state index in [0.717, 1.165) is 22.7 Å². The number of primary amides is 1. The van der Waals surface area contributed by atoms with Gasteiger partial charge < -0.3 is 20.4 Å². The standard InChI is InChI=1S/C22H22ClN5O4S2/c1-4-9-28-15(10-13-5-7-14(23)8-6-13)26-27-22(28)33-11-16(29)25-20-17(21(31)32-3)12(2)18(34-20)19(24)30/h4-8H,1,9-11H2,2-3H3,(H2,24,30)(H,25,29). The molecule has 2 aromatic heterocycles. The lowest BCUT2D eigenvalue weighted by Gasteiger charge is -2.08. The van der Waals surface area contributed by atoms with Crippen LogP contribution in [0.5, 0.6) is 0 Å². The number of methoxy groups -OCH3 is 1. The van der Waals surface area contributed by atoms with E-state index >= 15 is 0 Å². The van der Waals surface area contributed by atoms with Gasteiger partial charge in [-0.15, -0.1) is 28.1 Å². The number of esters is 1. The average Bonchev–Trinajstić information content (AvgIpc) is 3.34. The molecule has 3 rings (SSSR count). The lowest BCUT2D eigenvalue weighted by Crippen LogP contribution is -2.16. The van der Waals surface area contributed by atoms with Gasteiger partial charge in [0.15, 0.2) is 5.16 Å². The number of hydrogen-bond acceptors (Lipinski definition) is 8. The van der Waals surface area contributed by atoms with Crippen LogP contribution in [0.3, 0.4) is 0 Å². The van der Waals surface area contributed by atoms with Crippen LogP contribution in [-0.4, -0.2) is 45.4 Å². The van der Waals surface area contributed by atoms with Crippen LogP contribution in [0.25, 0.3) is 0 Å². The number of nitrogens with one attached hydrogen (secondary N) is 1. The number of hydrogen-bond donors (Lipinski definition) is 2. The van der Waals surface area contributed by atoms with Crippen molar-refractivity contribution in [1.29, 1.82) is 0 Å². The van der Waals surface area contributed by atoms with E-state index in [9.17, 15) is 14.4 Å². The number of thiophene rings is 1. The van der Waals surface area contributed by atoms with Crippen molar-refractivity contribution < 1.29 is 19.1 Å². The van der Waals surface area contributed by atoms with Crippen LogP contribution in [0.15, 0.2) is 42.1 Å². The molecule has 0 spiro atoms. The highest BCUT2D eigenvalue weighted by Crippen LogP contribution is 2.33. The fraction of sp³-hybridized carbons (Fsp3) is 0.227. The lowest BCUT2D eigenvalue weighted by atomic mass is 10.1. The Morgan fingerprint density at radius 1 is 1.29 bits per heavy atom. The number of allylic oxidation sites excluding steroid dienone is 1. The number of nitrogens with zero attached hydrogens (tertiary/aromatic N) is 3. The lowest BCUT2D eigenvalue weighted by molar-refractivity contribution is -0.113. The number of thioether (sulfide) groups is 1. The van der Waals surface area contributed by atoms with Crippen LogP contribution in [0.1, 0.15) is 37.0 Å². The Kier molecular flexibility index (Phi) is 8.48. The Hall–Kier alpha value is -3.15. The van der Waals surface area contributed by atoms with Gasteiger partial charge in [0.25, 0.3) is 5.91 Å². The zero-order chi connectivity index (χ0) is 24.8. The van der Waals surface area contributed by atoms with E-state index in [0.29, 0.717) is 28.7 Å². The second-order valence-corrected chi connectivity index (χ2v) is 9.45. The Balaban J connectivity index is 1.74. The van der Waals surface area contributed by atoms with Crippen LogP contribution >= 0.6 is 34.7 Å². The summed E-state index contributed by atoms with van der Waals surface area (Å²) in [5.41, 5.74) is 6.88. The topological polar surface area (TPSA) is 129 Å². The number of carbonyl (C=O) groups excluding carboxylic acids is 3. The fourth-order valence-corrected chi connectivity index (χ4v) is 5.09. The molecule has 2 amide bonds. The Bertz CT molecular complexity index is 1240. The maximum Gasteiger partial charge on any atom is 0.341 e. The summed E-state index contributed by atoms with van der Waals surface area (Å²) in [5, 5.41) is 12.6. The van der Waals surface area contributed by atoms with Crippen molar-refractivity contribution >= 4 is 57.5 Å². The molecule has 1 aromatic carbocycles. The Labute approximate surface area is 209 Å². The number of carbonyl (C=O) groups is 3. The van der Waals surface area contributed by atoms with Gasteiger partial charge in [0, 0.05) is 18.0 Å². The molecule has 0 aliphatic carbocycles. The Morgan fingerprint density at radius 2 is 2.00 bits per heavy atom. The number of benzene rings is 1. The van der Waals surface area contributed by atoms with Crippen molar-refractivity contribution in [2.75, 3.05) is 18.2 Å². The maximum atomic E-state index is 12.7. The number of anilines is 1. The molecule has 3 aromatic rings. The van der Waals surface area contributed by atoms with Gasteiger partial charge in [-0.25, -0.2) is 4.79 Å². The summed E-state index contributed by atoms with van der Waals surface area (Å²) in [6.45, 7) is 5.83. The molecule has 0 aliphatic heterocycles. The van der Waals surface area contributed by atoms with Crippen molar-refractivity contribution in [1.82, 2.24) is 14.8 Å². The summed E-state index contributed by atoms with van der Waals surface area (Å²) in [5.74, 6) is -1.02. The first-order valence-electron chi connectivity index (χ1n) is 9.96. The number of amides is 2. The van der Waals surface area contributed by atoms with Gasteiger partial charge in [0.05, 0.1) is 23.3 Å². The minimum atomic E-state index is -0.687. The van der Waals surface area contributed by atoms with E-state index in [4.69, 9.17) is 22.1 Å². The van der Waals surface area contributed by atoms with Gasteiger partial charge in [-0.3, -0.25) is 9.59 Å². The van der Waals surface area contributed by atoms with Crippen molar-refractivity contribution in [2.45, 2.75) is 25.0 Å². The summed E-state index contributed by atoms with van der Waals surface area (Å²) in [6, 6.07) is 7.45. The molecule has 12 heteroatoms. The molecule has 9 nitrogen and oxygen atoms in total. The van der Waals surface area contributed by atoms with Gasteiger partial charge in [-0.05, 0) is 30.2 Å². The summed E-state index contributed by atoms with van der Waals surface area (Å²) >= 11 is 8.08. The molecule has 0 saturated heterocycles. The zero-order valence-electron chi connectivity index (χ0n) is 18.5. The highest BCUT2D eigenvalue weighted by atomic mass is 35.5. The monoisotopic (exact) mass is 519 g/mol. The molecule has 34 heavy (non-hydrogen) atoms. The van der Waals surface area contributed by atoms with Crippen LogP contribution in [0.2, 0.25) is 5.02 Å². The van der Waals surface area contributed by atoms with Gasteiger partial charge >= 0.3 is 5.97 Å². The van der Waals surface area contributed by atoms with Crippen LogP contribution in [0, 0.1) is 6.92 Å². The minimum Gasteiger partial charge on any atom is -0.465 e. The fourth-order valence-electron chi connectivity index (χ4n) is 3.13. The van der Waals surface area contributed by atoms with Crippen LogP contribution in [0.4, 0.5) is 5.00 Å². The molecule has 0 fully saturated rings. The second-order valence-electron chi connectivity index (χ2n) is 7.05. The van der Waals surface area contributed by atoms with Gasteiger partial charge in [0.2, 0.25) is 5.91 Å². The van der Waals surface area contributed by atoms with E-state index in [1.54, 1.807) is 13.0 Å². The molecule has 0 aliphatic rings. The van der Waals surface area contributed by atoms with Crippen LogP contribution < -0.4 is 11.1 Å². The maximum absolute atomic E-state index is 12.7. The molecular formula is C22H22ClN5O4S2. The molecule has 0 unspecified atom stereocenters. The third-order valence-corrected chi connectivity index (χ3v) is 7.17. The number of rotatable bonds is 10. The van der Waals surface area contributed by atoms with E-state index in [2.05, 4.69) is 22.1 Å². The third kappa shape index (κ3) is 5.85. The van der Waals surface area contributed by atoms with E-state index in [1.807, 2.05) is 28.8 Å². The first-order valence-corrected chi connectivity index (χ1v) is 12.1. The summed E-state index contributed by atoms with van der Waals surface area (Å²) in [6.07, 6.45) is 2.26. The van der Waals surface area contributed by atoms with E-state index < -0.39 is 11.9 Å². The zero-order valence-corrected chi connectivity index (χ0v) is 20.9. The molecule has 0 atom stereocenters. The van der Waals surface area contributed by atoms with Crippen molar-refractivity contribution in [3.05, 3.63) is 69.3 Å². The number of halogens is 1. The van der Waals surface area contributed by atoms with Gasteiger partial charge in [-0.1, -0.05) is 41.6 Å². The minimum absolute atomic E-state index is 0.000311. The van der Waals surface area contributed by atoms with E-state index in [1.165, 1.54) is 18.9 Å². The summed E-state index contributed by atoms with van der Waals surface area (Å²) in [7, 11) is 1.22. The number of ether oxygens (including phenoxy) is 1. The predicted molar refractivity (Wildman–Crippen MR) is 133 cm³/mol. The van der Waals surface area contributed by atoms with Crippen molar-refractivity contribution in [3.63, 3.8) is 0 Å². The van der Waals surface area contributed by atoms with Gasteiger partial charge in [-0.2, -0.15) is 0 Å². The largest absolute Gasteiger partial charge is 0.465 e. The summed E-state index contributed by atoms with van der Waals surface area (Å²) in [4.78, 5) is 36.7. The summed E-state index contributed by atoms with van der Waals surface area (Å²) < 4.78 is 6.66. The molecule has 0 bridgehead atoms. The first kappa shape index (κ1) is 25.5. The SMILES string of the molecule is C=CCn1c(Cc2ccc(Cl)cc2)nnc1SCC(=O)Nc1sc(C(N)=O)c(C)c1C(=O)OC. The normalized spacial score (nSPS) is 10.7. The van der Waals surface area contributed by atoms with Crippen LogP contribution in [-0.2, 0) is 22.5 Å². The van der Waals surface area contributed by atoms with Gasteiger partial charge in [0.1, 0.15) is 10.8 Å². The molecule has 178 valence electrons. The molecule has 0 saturated carbocycles. The molecule has 0 radical (unpaired) electrons. The second kappa shape index (κ2) is 11.3. The van der Waals surface area contributed by atoms with E-state index in [-0.39, 0.29) is 27.1 Å².